The summed E-state index contributed by atoms with van der Waals surface area (Å²) in [5.41, 5.74) is 3.59. The van der Waals surface area contributed by atoms with E-state index in [0.717, 1.165) is 17.0 Å². The van der Waals surface area contributed by atoms with Crippen molar-refractivity contribution in [1.29, 1.82) is 0 Å². The second kappa shape index (κ2) is 10.1. The third-order valence-corrected chi connectivity index (χ3v) is 4.75. The van der Waals surface area contributed by atoms with Gasteiger partial charge in [0.25, 0.3) is 5.91 Å². The van der Waals surface area contributed by atoms with Crippen molar-refractivity contribution in [3.05, 3.63) is 71.8 Å². The van der Waals surface area contributed by atoms with Gasteiger partial charge in [0.1, 0.15) is 12.4 Å². The minimum atomic E-state index is -0.124. The van der Waals surface area contributed by atoms with Gasteiger partial charge in [-0.05, 0) is 60.4 Å². The van der Waals surface area contributed by atoms with Crippen LogP contribution in [0.25, 0.3) is 11.3 Å². The number of aromatic nitrogens is 2. The third kappa shape index (κ3) is 6.28. The number of nitrogens with one attached hydrogen (secondary N) is 1. The van der Waals surface area contributed by atoms with Crippen LogP contribution in [0.3, 0.4) is 0 Å². The molecule has 1 amide bonds. The third-order valence-electron chi connectivity index (χ3n) is 4.75. The largest absolute Gasteiger partial charge is 0.494 e. The van der Waals surface area contributed by atoms with Crippen LogP contribution in [0.15, 0.2) is 60.7 Å². The maximum atomic E-state index is 12.3. The molecule has 0 saturated heterocycles. The lowest BCUT2D eigenvalue weighted by Crippen LogP contribution is -2.28. The van der Waals surface area contributed by atoms with E-state index in [0.29, 0.717) is 31.2 Å². The molecule has 0 aliphatic heterocycles. The van der Waals surface area contributed by atoms with Gasteiger partial charge in [-0.25, -0.2) is 0 Å². The van der Waals surface area contributed by atoms with Gasteiger partial charge in [-0.2, -0.15) is 0 Å². The molecule has 1 aromatic heterocycles. The lowest BCUT2D eigenvalue weighted by molar-refractivity contribution is 0.0946. The minimum absolute atomic E-state index is 0.0619. The molecule has 31 heavy (non-hydrogen) atoms. The van der Waals surface area contributed by atoms with Crippen molar-refractivity contribution in [3.63, 3.8) is 0 Å². The molecular weight excluding hydrogens is 390 g/mol. The summed E-state index contributed by atoms with van der Waals surface area (Å²) in [5, 5.41) is 11.2. The summed E-state index contributed by atoms with van der Waals surface area (Å²) in [5.74, 6) is 1.12. The molecule has 6 nitrogen and oxygen atoms in total. The van der Waals surface area contributed by atoms with Crippen molar-refractivity contribution >= 4 is 5.91 Å². The van der Waals surface area contributed by atoms with Gasteiger partial charge >= 0.3 is 0 Å². The number of amides is 1. The zero-order valence-corrected chi connectivity index (χ0v) is 18.5. The van der Waals surface area contributed by atoms with Gasteiger partial charge in [-0.3, -0.25) is 4.79 Å². The van der Waals surface area contributed by atoms with Crippen LogP contribution in [0.2, 0.25) is 0 Å². The standard InChI is InChI=1S/C25H29N3O3/c1-5-30-21-12-8-18(9-13-21)22-14-15-23(28-27-22)31-17-16-26-24(29)19-6-10-20(11-7-19)25(2,3)4/h6-15H,5,16-17H2,1-4H3,(H,26,29). The van der Waals surface area contributed by atoms with Crippen LogP contribution in [-0.2, 0) is 5.41 Å². The van der Waals surface area contributed by atoms with E-state index in [4.69, 9.17) is 9.47 Å². The summed E-state index contributed by atoms with van der Waals surface area (Å²) < 4.78 is 11.0. The highest BCUT2D eigenvalue weighted by Crippen LogP contribution is 2.22. The molecule has 0 atom stereocenters. The summed E-state index contributed by atoms with van der Waals surface area (Å²) in [6.45, 7) is 9.71. The van der Waals surface area contributed by atoms with Gasteiger partial charge in [0.2, 0.25) is 5.88 Å². The number of hydrogen-bond donors (Lipinski definition) is 1. The van der Waals surface area contributed by atoms with Crippen LogP contribution in [0.1, 0.15) is 43.6 Å². The summed E-state index contributed by atoms with van der Waals surface area (Å²) in [4.78, 5) is 12.3. The maximum absolute atomic E-state index is 12.3. The molecule has 1 heterocycles. The monoisotopic (exact) mass is 419 g/mol. The molecule has 0 saturated carbocycles. The zero-order chi connectivity index (χ0) is 22.3. The first-order chi connectivity index (χ1) is 14.9. The molecule has 0 bridgehead atoms. The number of carbonyl (C=O) groups is 1. The van der Waals surface area contributed by atoms with Crippen LogP contribution in [0.5, 0.6) is 11.6 Å². The molecule has 162 valence electrons. The highest BCUT2D eigenvalue weighted by Gasteiger charge is 2.14. The highest BCUT2D eigenvalue weighted by molar-refractivity contribution is 5.94. The Hall–Kier alpha value is -3.41. The Morgan fingerprint density at radius 2 is 1.61 bits per heavy atom. The van der Waals surface area contributed by atoms with Crippen LogP contribution in [0.4, 0.5) is 0 Å². The van der Waals surface area contributed by atoms with Gasteiger partial charge in [0.05, 0.1) is 18.8 Å². The molecule has 2 aromatic carbocycles. The fourth-order valence-corrected chi connectivity index (χ4v) is 2.98. The summed E-state index contributed by atoms with van der Waals surface area (Å²) in [6.07, 6.45) is 0. The Kier molecular flexibility index (Phi) is 7.23. The molecule has 0 fully saturated rings. The summed E-state index contributed by atoms with van der Waals surface area (Å²) in [6, 6.07) is 19.0. The Balaban J connectivity index is 1.46. The predicted molar refractivity (Wildman–Crippen MR) is 122 cm³/mol. The van der Waals surface area contributed by atoms with Crippen molar-refractivity contribution in [2.45, 2.75) is 33.1 Å². The van der Waals surface area contributed by atoms with E-state index in [2.05, 4.69) is 36.3 Å². The lowest BCUT2D eigenvalue weighted by atomic mass is 9.87. The van der Waals surface area contributed by atoms with Crippen molar-refractivity contribution in [1.82, 2.24) is 15.5 Å². The van der Waals surface area contributed by atoms with Crippen molar-refractivity contribution < 1.29 is 14.3 Å². The van der Waals surface area contributed by atoms with E-state index in [1.807, 2.05) is 61.5 Å². The highest BCUT2D eigenvalue weighted by atomic mass is 16.5. The van der Waals surface area contributed by atoms with Crippen molar-refractivity contribution in [2.75, 3.05) is 19.8 Å². The Labute approximate surface area is 183 Å². The van der Waals surface area contributed by atoms with Gasteiger partial charge in [0, 0.05) is 17.2 Å². The van der Waals surface area contributed by atoms with Gasteiger partial charge in [0.15, 0.2) is 0 Å². The van der Waals surface area contributed by atoms with E-state index in [1.54, 1.807) is 6.07 Å². The number of rotatable bonds is 8. The number of benzene rings is 2. The second-order valence-electron chi connectivity index (χ2n) is 8.15. The van der Waals surface area contributed by atoms with E-state index in [1.165, 1.54) is 5.56 Å². The van der Waals surface area contributed by atoms with Crippen LogP contribution in [-0.4, -0.2) is 35.9 Å². The molecule has 1 N–H and O–H groups in total. The fraction of sp³-hybridized carbons (Fsp3) is 0.320. The fourth-order valence-electron chi connectivity index (χ4n) is 2.98. The molecule has 0 radical (unpaired) electrons. The zero-order valence-electron chi connectivity index (χ0n) is 18.5. The molecule has 0 spiro atoms. The van der Waals surface area contributed by atoms with Gasteiger partial charge in [-0.1, -0.05) is 32.9 Å². The first-order valence-corrected chi connectivity index (χ1v) is 10.5. The van der Waals surface area contributed by atoms with Crippen LogP contribution in [0, 0.1) is 0 Å². The molecule has 0 unspecified atom stereocenters. The smallest absolute Gasteiger partial charge is 0.251 e. The number of ether oxygens (including phenoxy) is 2. The average Bonchev–Trinajstić information content (AvgIpc) is 2.77. The second-order valence-corrected chi connectivity index (χ2v) is 8.15. The quantitative estimate of drug-likeness (QED) is 0.538. The Bertz CT molecular complexity index is 977. The molecule has 3 aromatic rings. The van der Waals surface area contributed by atoms with Crippen molar-refractivity contribution in [3.8, 4) is 22.9 Å². The van der Waals surface area contributed by atoms with Crippen LogP contribution < -0.4 is 14.8 Å². The van der Waals surface area contributed by atoms with E-state index in [9.17, 15) is 4.79 Å². The molecule has 3 rings (SSSR count). The number of nitrogens with zero attached hydrogens (tertiary/aromatic N) is 2. The Morgan fingerprint density at radius 1 is 0.903 bits per heavy atom. The minimum Gasteiger partial charge on any atom is -0.494 e. The van der Waals surface area contributed by atoms with Gasteiger partial charge < -0.3 is 14.8 Å². The normalized spacial score (nSPS) is 11.1. The van der Waals surface area contributed by atoms with E-state index in [-0.39, 0.29) is 11.3 Å². The van der Waals surface area contributed by atoms with E-state index < -0.39 is 0 Å². The topological polar surface area (TPSA) is 73.3 Å². The maximum Gasteiger partial charge on any atom is 0.251 e. The number of carbonyl (C=O) groups excluding carboxylic acids is 1. The van der Waals surface area contributed by atoms with E-state index >= 15 is 0 Å². The first-order valence-electron chi connectivity index (χ1n) is 10.5. The molecule has 0 aliphatic rings. The summed E-state index contributed by atoms with van der Waals surface area (Å²) in [7, 11) is 0. The lowest BCUT2D eigenvalue weighted by Gasteiger charge is -2.19. The summed E-state index contributed by atoms with van der Waals surface area (Å²) >= 11 is 0. The average molecular weight is 420 g/mol. The Morgan fingerprint density at radius 3 is 2.19 bits per heavy atom. The molecular formula is C25H29N3O3. The molecule has 0 aliphatic carbocycles. The van der Waals surface area contributed by atoms with Crippen molar-refractivity contribution in [2.24, 2.45) is 0 Å². The van der Waals surface area contributed by atoms with Gasteiger partial charge in [-0.15, -0.1) is 10.2 Å². The predicted octanol–water partition coefficient (Wildman–Crippen LogP) is 4.65. The first kappa shape index (κ1) is 22.3. The van der Waals surface area contributed by atoms with Crippen LogP contribution >= 0.6 is 0 Å². The molecule has 6 heteroatoms. The SMILES string of the molecule is CCOc1ccc(-c2ccc(OCCNC(=O)c3ccc(C(C)(C)C)cc3)nn2)cc1. The number of hydrogen-bond acceptors (Lipinski definition) is 5.